The first-order chi connectivity index (χ1) is 7.90. The number of hydrogen-bond acceptors (Lipinski definition) is 4. The van der Waals surface area contributed by atoms with Crippen molar-refractivity contribution in [2.45, 2.75) is 0 Å². The highest BCUT2D eigenvalue weighted by atomic mass is 31.2. The molecule has 0 heterocycles. The number of carbonyl (C=O) groups excluding carboxylic acids is 1. The quantitative estimate of drug-likeness (QED) is 0.675. The second kappa shape index (κ2) is 5.79. The molecular weight excluding hydrogens is 249 g/mol. The van der Waals surface area contributed by atoms with Crippen molar-refractivity contribution in [3.8, 4) is 5.75 Å². The van der Waals surface area contributed by atoms with Gasteiger partial charge in [-0.3, -0.25) is 9.32 Å². The molecule has 0 bridgehead atoms. The van der Waals surface area contributed by atoms with Gasteiger partial charge in [0.1, 0.15) is 12.4 Å². The lowest BCUT2D eigenvalue weighted by Crippen LogP contribution is -2.17. The lowest BCUT2D eigenvalue weighted by atomic mass is 10.3. The fourth-order valence-electron chi connectivity index (χ4n) is 1.01. The number of hydrogen-bond donors (Lipinski definition) is 3. The second-order valence-corrected chi connectivity index (χ2v) is 4.28. The van der Waals surface area contributed by atoms with Crippen LogP contribution in [0.1, 0.15) is 0 Å². The fourth-order valence-corrected chi connectivity index (χ4v) is 1.30. The summed E-state index contributed by atoms with van der Waals surface area (Å²) in [5.41, 5.74) is 0.477. The first kappa shape index (κ1) is 13.7. The van der Waals surface area contributed by atoms with E-state index in [9.17, 15) is 9.36 Å². The van der Waals surface area contributed by atoms with Gasteiger partial charge in [-0.05, 0) is 24.3 Å². The number of anilines is 1. The molecule has 0 atom stereocenters. The minimum Gasteiger partial charge on any atom is -0.497 e. The molecule has 0 radical (unpaired) electrons. The van der Waals surface area contributed by atoms with E-state index in [1.54, 1.807) is 24.3 Å². The Morgan fingerprint density at radius 1 is 1.35 bits per heavy atom. The molecule has 1 amide bonds. The van der Waals surface area contributed by atoms with Gasteiger partial charge in [-0.15, -0.1) is 0 Å². The first-order valence-corrected chi connectivity index (χ1v) is 6.08. The van der Waals surface area contributed by atoms with Gasteiger partial charge in [0, 0.05) is 5.69 Å². The van der Waals surface area contributed by atoms with Crippen molar-refractivity contribution < 1.29 is 28.4 Å². The van der Waals surface area contributed by atoms with Crippen molar-refractivity contribution in [1.29, 1.82) is 0 Å². The third-order valence-electron chi connectivity index (χ3n) is 1.74. The van der Waals surface area contributed by atoms with Gasteiger partial charge in [0.15, 0.2) is 0 Å². The highest BCUT2D eigenvalue weighted by Gasteiger charge is 2.16. The molecule has 1 aromatic carbocycles. The van der Waals surface area contributed by atoms with Crippen LogP contribution in [0.3, 0.4) is 0 Å². The van der Waals surface area contributed by atoms with Crippen molar-refractivity contribution in [3.05, 3.63) is 24.3 Å². The lowest BCUT2D eigenvalue weighted by molar-refractivity contribution is -0.118. The molecule has 0 aliphatic heterocycles. The van der Waals surface area contributed by atoms with Crippen LogP contribution in [0.4, 0.5) is 5.69 Å². The maximum atomic E-state index is 11.2. The fraction of sp³-hybridized carbons (Fsp3) is 0.222. The molecule has 1 rings (SSSR count). The maximum Gasteiger partial charge on any atom is 0.470 e. The third kappa shape index (κ3) is 5.46. The normalized spacial score (nSPS) is 11.0. The van der Waals surface area contributed by atoms with Crippen molar-refractivity contribution in [1.82, 2.24) is 0 Å². The van der Waals surface area contributed by atoms with Gasteiger partial charge < -0.3 is 19.8 Å². The van der Waals surface area contributed by atoms with E-state index >= 15 is 0 Å². The van der Waals surface area contributed by atoms with Gasteiger partial charge in [0.05, 0.1) is 7.11 Å². The number of phosphoric acid groups is 1. The van der Waals surface area contributed by atoms with Crippen LogP contribution in [0.5, 0.6) is 5.75 Å². The number of amides is 1. The molecule has 94 valence electrons. The molecule has 0 spiro atoms. The summed E-state index contributed by atoms with van der Waals surface area (Å²) < 4.78 is 19.3. The maximum absolute atomic E-state index is 11.2. The molecule has 0 saturated heterocycles. The Morgan fingerprint density at radius 3 is 2.41 bits per heavy atom. The van der Waals surface area contributed by atoms with Gasteiger partial charge in [-0.25, -0.2) is 4.57 Å². The molecule has 8 heteroatoms. The Labute approximate surface area is 97.6 Å². The number of carbonyl (C=O) groups is 1. The van der Waals surface area contributed by atoms with Gasteiger partial charge in [-0.1, -0.05) is 0 Å². The van der Waals surface area contributed by atoms with Crippen molar-refractivity contribution >= 4 is 19.4 Å². The molecule has 17 heavy (non-hydrogen) atoms. The summed E-state index contributed by atoms with van der Waals surface area (Å²) in [7, 11) is -3.10. The van der Waals surface area contributed by atoms with Gasteiger partial charge in [0.25, 0.3) is 5.91 Å². The van der Waals surface area contributed by atoms with E-state index in [1.807, 2.05) is 0 Å². The van der Waals surface area contributed by atoms with E-state index in [-0.39, 0.29) is 0 Å². The summed E-state index contributed by atoms with van der Waals surface area (Å²) in [6, 6.07) is 6.46. The summed E-state index contributed by atoms with van der Waals surface area (Å²) in [6.45, 7) is -0.712. The van der Waals surface area contributed by atoms with Crippen LogP contribution in [-0.2, 0) is 13.9 Å². The molecule has 0 aliphatic rings. The smallest absolute Gasteiger partial charge is 0.470 e. The van der Waals surface area contributed by atoms with Crippen LogP contribution in [0.2, 0.25) is 0 Å². The molecule has 0 aliphatic carbocycles. The number of benzene rings is 1. The highest BCUT2D eigenvalue weighted by Crippen LogP contribution is 2.35. The van der Waals surface area contributed by atoms with E-state index < -0.39 is 20.3 Å². The zero-order chi connectivity index (χ0) is 12.9. The molecule has 0 unspecified atom stereocenters. The van der Waals surface area contributed by atoms with E-state index in [2.05, 4.69) is 9.84 Å². The molecule has 0 aromatic heterocycles. The monoisotopic (exact) mass is 261 g/mol. The highest BCUT2D eigenvalue weighted by molar-refractivity contribution is 7.46. The largest absolute Gasteiger partial charge is 0.497 e. The van der Waals surface area contributed by atoms with Crippen molar-refractivity contribution in [3.63, 3.8) is 0 Å². The summed E-state index contributed by atoms with van der Waals surface area (Å²) in [5, 5.41) is 2.40. The van der Waals surface area contributed by atoms with Crippen LogP contribution in [0.15, 0.2) is 24.3 Å². The summed E-state index contributed by atoms with van der Waals surface area (Å²) in [5.74, 6) is -0.0204. The SMILES string of the molecule is COc1ccc(NC(=O)COP(=O)(O)O)cc1. The predicted octanol–water partition coefficient (Wildman–Crippen LogP) is 0.743. The summed E-state index contributed by atoms with van der Waals surface area (Å²) in [4.78, 5) is 28.0. The van der Waals surface area contributed by atoms with E-state index in [1.165, 1.54) is 7.11 Å². The molecule has 3 N–H and O–H groups in total. The van der Waals surface area contributed by atoms with Crippen LogP contribution >= 0.6 is 7.82 Å². The standard InChI is InChI=1S/C9H12NO6P/c1-15-8-4-2-7(3-5-8)10-9(11)6-16-17(12,13)14/h2-5H,6H2,1H3,(H,10,11)(H2,12,13,14). The van der Waals surface area contributed by atoms with Gasteiger partial charge in [0.2, 0.25) is 0 Å². The zero-order valence-electron chi connectivity index (χ0n) is 8.99. The summed E-state index contributed by atoms with van der Waals surface area (Å²) >= 11 is 0. The Bertz CT molecular complexity index is 426. The van der Waals surface area contributed by atoms with Crippen LogP contribution in [-0.4, -0.2) is 29.4 Å². The second-order valence-electron chi connectivity index (χ2n) is 3.04. The predicted molar refractivity (Wildman–Crippen MR) is 59.6 cm³/mol. The number of methoxy groups -OCH3 is 1. The van der Waals surface area contributed by atoms with Crippen molar-refractivity contribution in [2.75, 3.05) is 19.0 Å². The number of phosphoric ester groups is 1. The van der Waals surface area contributed by atoms with Gasteiger partial charge >= 0.3 is 7.82 Å². The minimum atomic E-state index is -4.62. The first-order valence-electron chi connectivity index (χ1n) is 4.55. The number of rotatable bonds is 5. The number of ether oxygens (including phenoxy) is 1. The molecule has 1 aromatic rings. The van der Waals surface area contributed by atoms with Crippen LogP contribution < -0.4 is 10.1 Å². The lowest BCUT2D eigenvalue weighted by Gasteiger charge is -2.07. The molecular formula is C9H12NO6P. The Kier molecular flexibility index (Phi) is 4.65. The van der Waals surface area contributed by atoms with Crippen LogP contribution in [0, 0.1) is 0 Å². The zero-order valence-corrected chi connectivity index (χ0v) is 9.89. The van der Waals surface area contributed by atoms with Crippen LogP contribution in [0.25, 0.3) is 0 Å². The minimum absolute atomic E-state index is 0.477. The topological polar surface area (TPSA) is 105 Å². The third-order valence-corrected chi connectivity index (χ3v) is 2.20. The van der Waals surface area contributed by atoms with Crippen molar-refractivity contribution in [2.24, 2.45) is 0 Å². The average Bonchev–Trinajstić information content (AvgIpc) is 2.27. The Balaban J connectivity index is 2.47. The van der Waals surface area contributed by atoms with E-state index in [0.717, 1.165) is 0 Å². The molecule has 0 fully saturated rings. The van der Waals surface area contributed by atoms with E-state index in [4.69, 9.17) is 14.5 Å². The van der Waals surface area contributed by atoms with E-state index in [0.29, 0.717) is 11.4 Å². The molecule has 7 nitrogen and oxygen atoms in total. The molecule has 0 saturated carbocycles. The van der Waals surface area contributed by atoms with Gasteiger partial charge in [-0.2, -0.15) is 0 Å². The Morgan fingerprint density at radius 2 is 1.94 bits per heavy atom. The number of nitrogens with one attached hydrogen (secondary N) is 1. The summed E-state index contributed by atoms with van der Waals surface area (Å²) in [6.07, 6.45) is 0. The average molecular weight is 261 g/mol. The Hall–Kier alpha value is -1.40.